The van der Waals surface area contributed by atoms with Gasteiger partial charge in [-0.05, 0) is 32.9 Å². The molecule has 0 unspecified atom stereocenters. The quantitative estimate of drug-likeness (QED) is 0.155. The average Bonchev–Trinajstić information content (AvgIpc) is 2.79. The van der Waals surface area contributed by atoms with Gasteiger partial charge >= 0.3 is 17.9 Å². The summed E-state index contributed by atoms with van der Waals surface area (Å²) in [6.45, 7) is 5.72. The molecule has 3 rings (SSSR count). The minimum atomic E-state index is -1.36. The zero-order valence-corrected chi connectivity index (χ0v) is 20.7. The number of ether oxygens (including phenoxy) is 1. The van der Waals surface area contributed by atoms with Crippen LogP contribution in [0.4, 0.5) is 0 Å². The maximum absolute atomic E-state index is 13.1. The molecule has 1 aromatic rings. The Morgan fingerprint density at radius 1 is 1.25 bits per heavy atom. The van der Waals surface area contributed by atoms with E-state index in [1.54, 1.807) is 20.8 Å². The second-order valence-corrected chi connectivity index (χ2v) is 10.1. The monoisotopic (exact) mass is 519 g/mol. The van der Waals surface area contributed by atoms with Crippen LogP contribution in [-0.2, 0) is 33.5 Å². The molecule has 0 spiro atoms. The number of aromatic hydroxyl groups is 1. The van der Waals surface area contributed by atoms with E-state index in [1.165, 1.54) is 43.0 Å². The van der Waals surface area contributed by atoms with Gasteiger partial charge in [0.1, 0.15) is 29.5 Å². The van der Waals surface area contributed by atoms with Crippen LogP contribution in [0.5, 0.6) is 5.75 Å². The summed E-state index contributed by atoms with van der Waals surface area (Å²) in [5.41, 5.74) is -1.18. The number of hydrogen-bond donors (Lipinski definition) is 3. The largest absolute Gasteiger partial charge is 0.508 e. The smallest absolute Gasteiger partial charge is 0.352 e. The van der Waals surface area contributed by atoms with Gasteiger partial charge in [0.05, 0.1) is 5.41 Å². The van der Waals surface area contributed by atoms with E-state index in [1.807, 2.05) is 0 Å². The molecular formula is C23H25N3O9S. The highest BCUT2D eigenvalue weighted by Gasteiger charge is 2.54. The molecule has 2 amide bonds. The molecule has 2 aliphatic rings. The molecule has 2 atom stereocenters. The summed E-state index contributed by atoms with van der Waals surface area (Å²) in [5, 5.41) is 25.0. The number of nitrogens with zero attached hydrogens (tertiary/aromatic N) is 2. The summed E-state index contributed by atoms with van der Waals surface area (Å²) < 4.78 is 4.90. The topological polar surface area (TPSA) is 172 Å². The third kappa shape index (κ3) is 5.67. The van der Waals surface area contributed by atoms with Gasteiger partial charge in [0.15, 0.2) is 5.71 Å². The fraction of sp³-hybridized carbons (Fsp3) is 0.391. The Labute approximate surface area is 210 Å². The van der Waals surface area contributed by atoms with E-state index >= 15 is 0 Å². The van der Waals surface area contributed by atoms with Crippen molar-refractivity contribution >= 4 is 47.2 Å². The number of carbonyl (C=O) groups excluding carboxylic acids is 4. The van der Waals surface area contributed by atoms with Crippen LogP contribution in [0.1, 0.15) is 33.3 Å². The third-order valence-electron chi connectivity index (χ3n) is 5.15. The molecule has 1 fully saturated rings. The van der Waals surface area contributed by atoms with E-state index in [-0.39, 0.29) is 40.7 Å². The van der Waals surface area contributed by atoms with Gasteiger partial charge in [-0.25, -0.2) is 9.59 Å². The van der Waals surface area contributed by atoms with Gasteiger partial charge in [-0.2, -0.15) is 0 Å². The number of nitrogens with one attached hydrogen (secondary N) is 1. The van der Waals surface area contributed by atoms with Gasteiger partial charge in [-0.3, -0.25) is 19.3 Å². The zero-order chi connectivity index (χ0) is 26.8. The van der Waals surface area contributed by atoms with Crippen LogP contribution in [0.25, 0.3) is 0 Å². The molecule has 36 heavy (non-hydrogen) atoms. The molecule has 2 aliphatic heterocycles. The number of hydrogen-bond acceptors (Lipinski definition) is 10. The maximum atomic E-state index is 13.1. The summed E-state index contributed by atoms with van der Waals surface area (Å²) in [6, 6.07) is 4.44. The van der Waals surface area contributed by atoms with Gasteiger partial charge < -0.3 is 25.1 Å². The predicted molar refractivity (Wildman–Crippen MR) is 127 cm³/mol. The van der Waals surface area contributed by atoms with E-state index in [0.29, 0.717) is 0 Å². The fourth-order valence-electron chi connectivity index (χ4n) is 3.30. The lowest BCUT2D eigenvalue weighted by Gasteiger charge is -2.49. The molecule has 13 heteroatoms. The normalized spacial score (nSPS) is 19.7. The number of phenols is 1. The number of carboxylic acid groups (broad SMARTS) is 1. The van der Waals surface area contributed by atoms with Gasteiger partial charge in [-0.15, -0.1) is 11.8 Å². The number of benzene rings is 1. The van der Waals surface area contributed by atoms with Crippen molar-refractivity contribution in [3.05, 3.63) is 41.1 Å². The van der Waals surface area contributed by atoms with E-state index in [0.717, 1.165) is 4.90 Å². The highest BCUT2D eigenvalue weighted by atomic mass is 32.2. The lowest BCUT2D eigenvalue weighted by atomic mass is 9.98. The number of phenolic OH excluding ortho intramolecular Hbond substituents is 1. The molecule has 1 saturated heterocycles. The summed E-state index contributed by atoms with van der Waals surface area (Å²) in [6.07, 6.45) is 0. The van der Waals surface area contributed by atoms with Gasteiger partial charge in [-0.1, -0.05) is 17.3 Å². The van der Waals surface area contributed by atoms with Crippen LogP contribution in [0.3, 0.4) is 0 Å². The first-order valence-electron chi connectivity index (χ1n) is 10.7. The van der Waals surface area contributed by atoms with Crippen molar-refractivity contribution in [3.8, 4) is 5.75 Å². The Morgan fingerprint density at radius 3 is 2.53 bits per heavy atom. The number of carbonyl (C=O) groups is 5. The number of aliphatic carboxylic acids is 1. The van der Waals surface area contributed by atoms with Crippen molar-refractivity contribution < 1.29 is 43.8 Å². The molecule has 12 nitrogen and oxygen atoms in total. The lowest BCUT2D eigenvalue weighted by molar-refractivity contribution is -0.153. The van der Waals surface area contributed by atoms with Gasteiger partial charge in [0.25, 0.3) is 11.8 Å². The minimum Gasteiger partial charge on any atom is -0.508 e. The van der Waals surface area contributed by atoms with E-state index < -0.39 is 46.6 Å². The Balaban J connectivity index is 1.84. The predicted octanol–water partition coefficient (Wildman–Crippen LogP) is 0.987. The number of carboxylic acids is 1. The van der Waals surface area contributed by atoms with Crippen molar-refractivity contribution in [2.24, 2.45) is 10.6 Å². The molecule has 1 aromatic carbocycles. The Kier molecular flexibility index (Phi) is 7.72. The minimum absolute atomic E-state index is 0.129. The average molecular weight is 520 g/mol. The molecule has 3 N–H and O–H groups in total. The second kappa shape index (κ2) is 10.4. The fourth-order valence-corrected chi connectivity index (χ4v) is 4.62. The number of amides is 2. The molecule has 0 aliphatic carbocycles. The van der Waals surface area contributed by atoms with E-state index in [9.17, 15) is 34.2 Å². The molecule has 2 heterocycles. The number of fused-ring (bicyclic) bond motifs is 1. The Bertz CT molecular complexity index is 1190. The standard InChI is InChI=1S/C23H25N3O9S/c1-11(27)34-9-13-10-36-20-16(19(30)26(20)17(13)21(31)32)24-18(29)15(12-6-5-7-14(28)8-12)25-35-22(33)23(2,3)4/h5-8,16,20,28H,9-10H2,1-4H3,(H,24,29)(H,31,32)/t16-,20-/m1/s1. The number of β-lactam (4-membered cyclic amide) rings is 1. The van der Waals surface area contributed by atoms with Crippen molar-refractivity contribution in [1.82, 2.24) is 10.2 Å². The summed E-state index contributed by atoms with van der Waals surface area (Å²) in [5.74, 6) is -4.22. The highest BCUT2D eigenvalue weighted by Crippen LogP contribution is 2.40. The summed E-state index contributed by atoms with van der Waals surface area (Å²) >= 11 is 1.19. The SMILES string of the molecule is CC(=O)OCC1=C(C(=O)O)N2C(=O)[C@@H](NC(=O)C(=NOC(=O)C(C)(C)C)c3cccc(O)c3)[C@H]2SC1. The zero-order valence-electron chi connectivity index (χ0n) is 19.9. The van der Waals surface area contributed by atoms with Crippen LogP contribution >= 0.6 is 11.8 Å². The van der Waals surface area contributed by atoms with Crippen molar-refractivity contribution in [3.63, 3.8) is 0 Å². The first-order chi connectivity index (χ1) is 16.8. The van der Waals surface area contributed by atoms with Gasteiger partial charge in [0, 0.05) is 23.8 Å². The van der Waals surface area contributed by atoms with Crippen LogP contribution < -0.4 is 5.32 Å². The molecule has 0 radical (unpaired) electrons. The summed E-state index contributed by atoms with van der Waals surface area (Å²) in [4.78, 5) is 67.1. The van der Waals surface area contributed by atoms with Crippen LogP contribution in [-0.4, -0.2) is 74.3 Å². The van der Waals surface area contributed by atoms with Crippen molar-refractivity contribution in [2.45, 2.75) is 39.1 Å². The molecular weight excluding hydrogens is 494 g/mol. The first-order valence-corrected chi connectivity index (χ1v) is 11.8. The van der Waals surface area contributed by atoms with Crippen LogP contribution in [0.15, 0.2) is 40.7 Å². The molecule has 0 aromatic heterocycles. The molecule has 0 saturated carbocycles. The second-order valence-electron chi connectivity index (χ2n) is 9.02. The third-order valence-corrected chi connectivity index (χ3v) is 6.49. The van der Waals surface area contributed by atoms with Crippen LogP contribution in [0, 0.1) is 5.41 Å². The van der Waals surface area contributed by atoms with E-state index in [4.69, 9.17) is 9.57 Å². The number of rotatable bonds is 7. The van der Waals surface area contributed by atoms with Crippen molar-refractivity contribution in [2.75, 3.05) is 12.4 Å². The lowest BCUT2D eigenvalue weighted by Crippen LogP contribution is -2.71. The number of thioether (sulfide) groups is 1. The van der Waals surface area contributed by atoms with E-state index in [2.05, 4.69) is 10.5 Å². The number of esters is 1. The Morgan fingerprint density at radius 2 is 1.94 bits per heavy atom. The molecule has 0 bridgehead atoms. The van der Waals surface area contributed by atoms with Crippen LogP contribution in [0.2, 0.25) is 0 Å². The van der Waals surface area contributed by atoms with Crippen molar-refractivity contribution in [1.29, 1.82) is 0 Å². The molecule has 192 valence electrons. The first kappa shape index (κ1) is 26.7. The Hall–Kier alpha value is -3.87. The van der Waals surface area contributed by atoms with Gasteiger partial charge in [0.2, 0.25) is 0 Å². The number of oxime groups is 1. The maximum Gasteiger partial charge on any atom is 0.352 e. The highest BCUT2D eigenvalue weighted by molar-refractivity contribution is 8.00. The summed E-state index contributed by atoms with van der Waals surface area (Å²) in [7, 11) is 0.